The maximum absolute atomic E-state index is 13.0. The molecule has 2 atom stereocenters. The van der Waals surface area contributed by atoms with E-state index in [2.05, 4.69) is 20.9 Å². The van der Waals surface area contributed by atoms with Gasteiger partial charge in [-0.05, 0) is 55.9 Å². The Morgan fingerprint density at radius 3 is 2.49 bits per heavy atom. The van der Waals surface area contributed by atoms with Crippen molar-refractivity contribution in [3.63, 3.8) is 0 Å². The smallest absolute Gasteiger partial charge is 0.407 e. The number of nitrogens with one attached hydrogen (secondary N) is 3. The van der Waals surface area contributed by atoms with Crippen molar-refractivity contribution in [1.29, 1.82) is 0 Å². The van der Waals surface area contributed by atoms with Crippen LogP contribution in [0.4, 0.5) is 4.79 Å². The SMILES string of the molecule is COc1nc(-c2cccc(-c3ccnc(-c4cc(OC)c5nc(CNC6CC(C)(O)C6)cn5c4)c3Cl)c2Cl)ccc1C(NC(=O)OC[C@@H]1CCC(=O)N1)C(C)(C)C. The fourth-order valence-electron chi connectivity index (χ4n) is 7.55. The molecule has 15 heteroatoms. The van der Waals surface area contributed by atoms with E-state index in [9.17, 15) is 14.7 Å². The number of aliphatic hydroxyl groups is 1. The van der Waals surface area contributed by atoms with Crippen molar-refractivity contribution in [3.05, 3.63) is 82.4 Å². The van der Waals surface area contributed by atoms with Crippen LogP contribution in [0.15, 0.2) is 61.1 Å². The summed E-state index contributed by atoms with van der Waals surface area (Å²) in [6.07, 6.45) is 7.41. The molecule has 0 spiro atoms. The van der Waals surface area contributed by atoms with Crippen LogP contribution in [-0.4, -0.2) is 75.0 Å². The van der Waals surface area contributed by atoms with Crippen LogP contribution < -0.4 is 25.4 Å². The minimum absolute atomic E-state index is 0.0447. The Hall–Kier alpha value is -4.95. The lowest BCUT2D eigenvalue weighted by Gasteiger charge is -2.41. The number of nitrogens with zero attached hydrogens (tertiary/aromatic N) is 4. The van der Waals surface area contributed by atoms with E-state index in [1.165, 1.54) is 7.11 Å². The molecule has 4 aromatic heterocycles. The van der Waals surface area contributed by atoms with Crippen molar-refractivity contribution in [2.75, 3.05) is 20.8 Å². The monoisotopic (exact) mass is 815 g/mol. The maximum atomic E-state index is 13.0. The van der Waals surface area contributed by atoms with Gasteiger partial charge in [0.2, 0.25) is 11.8 Å². The number of aromatic nitrogens is 4. The van der Waals surface area contributed by atoms with Gasteiger partial charge >= 0.3 is 6.09 Å². The fraction of sp³-hybridized carbons (Fsp3) is 0.405. The van der Waals surface area contributed by atoms with E-state index in [4.69, 9.17) is 47.4 Å². The van der Waals surface area contributed by atoms with Gasteiger partial charge in [0.25, 0.3) is 0 Å². The molecule has 1 saturated heterocycles. The number of halogens is 2. The number of hydrogen-bond acceptors (Lipinski definition) is 10. The Labute approximate surface area is 341 Å². The summed E-state index contributed by atoms with van der Waals surface area (Å²) in [5.41, 5.74) is 4.94. The number of methoxy groups -OCH3 is 2. The average Bonchev–Trinajstić information content (AvgIpc) is 3.79. The van der Waals surface area contributed by atoms with E-state index in [0.29, 0.717) is 93.2 Å². The number of hydrogen-bond donors (Lipinski definition) is 4. The predicted molar refractivity (Wildman–Crippen MR) is 219 cm³/mol. The van der Waals surface area contributed by atoms with Crippen molar-refractivity contribution >= 4 is 40.8 Å². The van der Waals surface area contributed by atoms with Gasteiger partial charge in [0, 0.05) is 65.4 Å². The minimum atomic E-state index is -0.607. The third-order valence-corrected chi connectivity index (χ3v) is 11.3. The van der Waals surface area contributed by atoms with Crippen LogP contribution in [0.3, 0.4) is 0 Å². The van der Waals surface area contributed by atoms with Crippen molar-refractivity contribution in [2.24, 2.45) is 5.41 Å². The molecule has 13 nitrogen and oxygen atoms in total. The molecule has 1 saturated carbocycles. The van der Waals surface area contributed by atoms with E-state index in [1.54, 1.807) is 13.3 Å². The number of imidazole rings is 1. The number of carbonyl (C=O) groups excluding carboxylic acids is 2. The largest absolute Gasteiger partial charge is 0.493 e. The van der Waals surface area contributed by atoms with Crippen LogP contribution >= 0.6 is 23.2 Å². The highest BCUT2D eigenvalue weighted by atomic mass is 35.5. The van der Waals surface area contributed by atoms with E-state index >= 15 is 0 Å². The standard InChI is InChI=1S/C42H47Cl2N7O6/c1-41(2,3)37(50-40(53)57-22-24-10-13-33(52)47-24)30-11-12-31(49-39(30)56-6)29-9-7-8-27(34(29)43)28-14-15-45-36(35(28)44)23-16-32(55-5)38-48-26(21-51(38)20-23)19-46-25-17-42(4,54)18-25/h7-9,11-12,14-16,20-21,24-25,37,46,54H,10,13,17-19,22H2,1-6H3,(H,47,52)(H,50,53)/t24-,25?,37?,42?/m0/s1. The summed E-state index contributed by atoms with van der Waals surface area (Å²) in [6, 6.07) is 12.6. The molecule has 0 bridgehead atoms. The second-order valence-electron chi connectivity index (χ2n) is 16.1. The Kier molecular flexibility index (Phi) is 11.4. The zero-order chi connectivity index (χ0) is 40.6. The molecule has 2 aliphatic rings. The van der Waals surface area contributed by atoms with E-state index in [1.807, 2.05) is 87.0 Å². The molecule has 57 heavy (non-hydrogen) atoms. The van der Waals surface area contributed by atoms with Gasteiger partial charge in [0.15, 0.2) is 11.4 Å². The molecule has 0 radical (unpaired) electrons. The molecular formula is C42H47Cl2N7O6. The van der Waals surface area contributed by atoms with Gasteiger partial charge in [-0.1, -0.05) is 62.2 Å². The summed E-state index contributed by atoms with van der Waals surface area (Å²) in [6.45, 7) is 8.48. The maximum Gasteiger partial charge on any atom is 0.407 e. The van der Waals surface area contributed by atoms with Crippen molar-refractivity contribution < 1.29 is 28.9 Å². The molecule has 300 valence electrons. The Morgan fingerprint density at radius 2 is 1.81 bits per heavy atom. The van der Waals surface area contributed by atoms with Crippen LogP contribution in [0.5, 0.6) is 11.6 Å². The number of fused-ring (bicyclic) bond motifs is 1. The third kappa shape index (κ3) is 8.67. The van der Waals surface area contributed by atoms with Crippen LogP contribution in [0.25, 0.3) is 39.3 Å². The second-order valence-corrected chi connectivity index (χ2v) is 16.8. The average molecular weight is 817 g/mol. The van der Waals surface area contributed by atoms with Gasteiger partial charge < -0.3 is 39.7 Å². The summed E-state index contributed by atoms with van der Waals surface area (Å²) in [5, 5.41) is 20.2. The Bertz CT molecular complexity index is 2320. The molecular weight excluding hydrogens is 769 g/mol. The third-order valence-electron chi connectivity index (χ3n) is 10.5. The van der Waals surface area contributed by atoms with Crippen LogP contribution in [0, 0.1) is 5.41 Å². The number of ether oxygens (including phenoxy) is 3. The van der Waals surface area contributed by atoms with E-state index < -0.39 is 23.2 Å². The molecule has 1 unspecified atom stereocenters. The molecule has 5 aromatic rings. The second kappa shape index (κ2) is 16.1. The summed E-state index contributed by atoms with van der Waals surface area (Å²) in [4.78, 5) is 38.9. The Morgan fingerprint density at radius 1 is 1.05 bits per heavy atom. The number of carbonyl (C=O) groups is 2. The van der Waals surface area contributed by atoms with Crippen LogP contribution in [0.1, 0.15) is 70.7 Å². The summed E-state index contributed by atoms with van der Waals surface area (Å²) < 4.78 is 18.9. The van der Waals surface area contributed by atoms with Crippen molar-refractivity contribution in [1.82, 2.24) is 35.3 Å². The number of alkyl carbamates (subject to hydrolysis) is 1. The lowest BCUT2D eigenvalue weighted by atomic mass is 9.77. The normalized spacial score (nSPS) is 19.8. The van der Waals surface area contributed by atoms with E-state index in [-0.39, 0.29) is 24.6 Å². The highest BCUT2D eigenvalue weighted by molar-refractivity contribution is 6.39. The summed E-state index contributed by atoms with van der Waals surface area (Å²) >= 11 is 14.4. The van der Waals surface area contributed by atoms with Crippen LogP contribution in [-0.2, 0) is 16.1 Å². The number of amides is 2. The van der Waals surface area contributed by atoms with Gasteiger partial charge in [-0.25, -0.2) is 14.8 Å². The number of pyridine rings is 3. The van der Waals surface area contributed by atoms with Crippen molar-refractivity contribution in [2.45, 2.75) is 83.6 Å². The quantitative estimate of drug-likeness (QED) is 0.0991. The molecule has 1 aliphatic heterocycles. The minimum Gasteiger partial charge on any atom is -0.493 e. The zero-order valence-corrected chi connectivity index (χ0v) is 34.3. The topological polar surface area (TPSA) is 161 Å². The van der Waals surface area contributed by atoms with Crippen LogP contribution in [0.2, 0.25) is 10.0 Å². The predicted octanol–water partition coefficient (Wildman–Crippen LogP) is 7.54. The summed E-state index contributed by atoms with van der Waals surface area (Å²) in [5.74, 6) is 0.842. The molecule has 2 amide bonds. The first-order valence-electron chi connectivity index (χ1n) is 18.9. The first-order valence-corrected chi connectivity index (χ1v) is 19.6. The highest BCUT2D eigenvalue weighted by Gasteiger charge is 2.38. The van der Waals surface area contributed by atoms with Crippen molar-refractivity contribution in [3.8, 4) is 45.3 Å². The van der Waals surface area contributed by atoms with Gasteiger partial charge in [-0.3, -0.25) is 9.78 Å². The van der Waals surface area contributed by atoms with Gasteiger partial charge in [-0.15, -0.1) is 0 Å². The number of rotatable bonds is 12. The first-order chi connectivity index (χ1) is 27.1. The lowest BCUT2D eigenvalue weighted by Crippen LogP contribution is -2.51. The Balaban J connectivity index is 1.15. The lowest BCUT2D eigenvalue weighted by molar-refractivity contribution is -0.119. The summed E-state index contributed by atoms with van der Waals surface area (Å²) in [7, 11) is 3.13. The fourth-order valence-corrected chi connectivity index (χ4v) is 8.20. The molecule has 7 rings (SSSR count). The zero-order valence-electron chi connectivity index (χ0n) is 32.8. The molecule has 5 heterocycles. The molecule has 1 aliphatic carbocycles. The van der Waals surface area contributed by atoms with Gasteiger partial charge in [0.1, 0.15) is 6.61 Å². The van der Waals surface area contributed by atoms with E-state index in [0.717, 1.165) is 11.3 Å². The number of benzene rings is 1. The molecule has 4 N–H and O–H groups in total. The highest BCUT2D eigenvalue weighted by Crippen LogP contribution is 2.44. The molecule has 1 aromatic carbocycles. The molecule has 2 fully saturated rings. The van der Waals surface area contributed by atoms with Gasteiger partial charge in [-0.2, -0.15) is 0 Å². The first kappa shape index (κ1) is 40.3. The van der Waals surface area contributed by atoms with Gasteiger partial charge in [0.05, 0.1) is 59.0 Å².